The third kappa shape index (κ3) is 6.46. The SMILES string of the molecule is C=CCOc1c(I)cc(/C=C(/C#N)C(=O)Nc2cccc(C(F)(F)F)c2)cc1I. The molecule has 2 aromatic carbocycles. The van der Waals surface area contributed by atoms with E-state index >= 15 is 0 Å². The molecule has 0 aliphatic heterocycles. The predicted molar refractivity (Wildman–Crippen MR) is 121 cm³/mol. The van der Waals surface area contributed by atoms with Crippen LogP contribution in [0.1, 0.15) is 11.1 Å². The van der Waals surface area contributed by atoms with Crippen molar-refractivity contribution < 1.29 is 22.7 Å². The molecule has 0 aliphatic carbocycles. The third-order valence-corrected chi connectivity index (χ3v) is 5.09. The van der Waals surface area contributed by atoms with Gasteiger partial charge in [0.05, 0.1) is 12.7 Å². The number of alkyl halides is 3. The molecule has 0 aromatic heterocycles. The van der Waals surface area contributed by atoms with E-state index in [0.29, 0.717) is 17.9 Å². The molecule has 9 heteroatoms. The Kier molecular flexibility index (Phi) is 8.09. The Morgan fingerprint density at radius 2 is 1.90 bits per heavy atom. The second kappa shape index (κ2) is 10.1. The van der Waals surface area contributed by atoms with Gasteiger partial charge < -0.3 is 10.1 Å². The van der Waals surface area contributed by atoms with E-state index in [1.165, 1.54) is 18.2 Å². The van der Waals surface area contributed by atoms with Crippen molar-refractivity contribution in [2.24, 2.45) is 0 Å². The zero-order valence-electron chi connectivity index (χ0n) is 14.7. The van der Waals surface area contributed by atoms with E-state index in [4.69, 9.17) is 4.74 Å². The van der Waals surface area contributed by atoms with Crippen molar-refractivity contribution in [3.8, 4) is 11.8 Å². The Bertz CT molecular complexity index is 989. The van der Waals surface area contributed by atoms with Gasteiger partial charge in [0.2, 0.25) is 0 Å². The zero-order valence-corrected chi connectivity index (χ0v) is 19.0. The molecule has 1 N–H and O–H groups in total. The molecule has 29 heavy (non-hydrogen) atoms. The standard InChI is InChI=1S/C20H13F3I2N2O2/c1-2-6-29-18-16(24)8-12(9-17(18)25)7-13(11-26)19(28)27-15-5-3-4-14(10-15)20(21,22)23/h2-5,7-10H,1,6H2,(H,27,28)/b13-7-. The highest BCUT2D eigenvalue weighted by atomic mass is 127. The lowest BCUT2D eigenvalue weighted by Gasteiger charge is -2.11. The maximum atomic E-state index is 12.8. The minimum Gasteiger partial charge on any atom is -0.487 e. The number of nitriles is 1. The Morgan fingerprint density at radius 3 is 2.45 bits per heavy atom. The minimum absolute atomic E-state index is 0.0525. The first-order valence-corrected chi connectivity index (χ1v) is 10.1. The average molecular weight is 624 g/mol. The molecule has 2 rings (SSSR count). The van der Waals surface area contributed by atoms with E-state index < -0.39 is 17.6 Å². The Balaban J connectivity index is 2.27. The monoisotopic (exact) mass is 624 g/mol. The van der Waals surface area contributed by atoms with Gasteiger partial charge in [-0.2, -0.15) is 18.4 Å². The highest BCUT2D eigenvalue weighted by Gasteiger charge is 2.30. The molecule has 0 unspecified atom stereocenters. The van der Waals surface area contributed by atoms with Crippen molar-refractivity contribution >= 4 is 62.9 Å². The second-order valence-corrected chi connectivity index (χ2v) is 7.94. The summed E-state index contributed by atoms with van der Waals surface area (Å²) in [4.78, 5) is 12.4. The van der Waals surface area contributed by atoms with Gasteiger partial charge in [-0.05, 0) is 87.2 Å². The molecule has 0 aliphatic rings. The summed E-state index contributed by atoms with van der Waals surface area (Å²) < 4.78 is 45.6. The fourth-order valence-electron chi connectivity index (χ4n) is 2.23. The van der Waals surface area contributed by atoms with Crippen LogP contribution in [0.4, 0.5) is 18.9 Å². The number of amides is 1. The number of carbonyl (C=O) groups is 1. The molecule has 0 atom stereocenters. The quantitative estimate of drug-likeness (QED) is 0.185. The molecule has 2 aromatic rings. The first-order chi connectivity index (χ1) is 13.7. The average Bonchev–Trinajstić information content (AvgIpc) is 2.65. The fraction of sp³-hybridized carbons (Fsp3) is 0.100. The molecule has 0 saturated heterocycles. The van der Waals surface area contributed by atoms with Gasteiger partial charge in [-0.25, -0.2) is 0 Å². The first-order valence-electron chi connectivity index (χ1n) is 7.99. The van der Waals surface area contributed by atoms with E-state index in [0.717, 1.165) is 19.3 Å². The van der Waals surface area contributed by atoms with Crippen LogP contribution in [0.5, 0.6) is 5.75 Å². The number of carbonyl (C=O) groups excluding carboxylic acids is 1. The number of hydrogen-bond donors (Lipinski definition) is 1. The maximum Gasteiger partial charge on any atom is 0.416 e. The lowest BCUT2D eigenvalue weighted by atomic mass is 10.1. The normalized spacial score (nSPS) is 11.5. The molecular formula is C20H13F3I2N2O2. The van der Waals surface area contributed by atoms with Crippen LogP contribution in [0, 0.1) is 18.5 Å². The minimum atomic E-state index is -4.53. The number of ether oxygens (including phenoxy) is 1. The van der Waals surface area contributed by atoms with E-state index in [9.17, 15) is 23.2 Å². The summed E-state index contributed by atoms with van der Waals surface area (Å²) >= 11 is 4.15. The summed E-state index contributed by atoms with van der Waals surface area (Å²) in [5.74, 6) is -0.140. The summed E-state index contributed by atoms with van der Waals surface area (Å²) in [6.07, 6.45) is -1.55. The Hall–Kier alpha value is -2.07. The summed E-state index contributed by atoms with van der Waals surface area (Å²) in [6, 6.07) is 9.46. The predicted octanol–water partition coefficient (Wildman–Crippen LogP) is 6.03. The van der Waals surface area contributed by atoms with Crippen molar-refractivity contribution in [3.63, 3.8) is 0 Å². The van der Waals surface area contributed by atoms with Crippen molar-refractivity contribution in [2.75, 3.05) is 11.9 Å². The van der Waals surface area contributed by atoms with Crippen molar-refractivity contribution in [3.05, 3.63) is 72.9 Å². The van der Waals surface area contributed by atoms with Gasteiger partial charge in [-0.1, -0.05) is 18.7 Å². The van der Waals surface area contributed by atoms with Crippen molar-refractivity contribution in [1.29, 1.82) is 5.26 Å². The molecule has 1 amide bonds. The molecule has 0 bridgehead atoms. The number of rotatable bonds is 6. The second-order valence-electron chi connectivity index (χ2n) is 5.62. The van der Waals surface area contributed by atoms with E-state index in [1.54, 1.807) is 24.3 Å². The molecule has 0 heterocycles. The van der Waals surface area contributed by atoms with Gasteiger partial charge in [0.1, 0.15) is 24.0 Å². The van der Waals surface area contributed by atoms with E-state index in [-0.39, 0.29) is 11.3 Å². The van der Waals surface area contributed by atoms with Crippen LogP contribution in [-0.4, -0.2) is 12.5 Å². The first kappa shape index (κ1) is 23.2. The molecule has 0 saturated carbocycles. The van der Waals surface area contributed by atoms with Crippen molar-refractivity contribution in [2.45, 2.75) is 6.18 Å². The van der Waals surface area contributed by atoms with Gasteiger partial charge in [0.25, 0.3) is 5.91 Å². The van der Waals surface area contributed by atoms with Crippen LogP contribution in [0.3, 0.4) is 0 Å². The van der Waals surface area contributed by atoms with Gasteiger partial charge in [0.15, 0.2) is 0 Å². The lowest BCUT2D eigenvalue weighted by Crippen LogP contribution is -2.14. The van der Waals surface area contributed by atoms with Crippen LogP contribution >= 0.6 is 45.2 Å². The fourth-order valence-corrected chi connectivity index (χ4v) is 4.36. The van der Waals surface area contributed by atoms with Crippen molar-refractivity contribution in [1.82, 2.24) is 0 Å². The number of anilines is 1. The summed E-state index contributed by atoms with van der Waals surface area (Å²) in [6.45, 7) is 3.93. The lowest BCUT2D eigenvalue weighted by molar-refractivity contribution is -0.137. The van der Waals surface area contributed by atoms with Crippen LogP contribution in [0.2, 0.25) is 0 Å². The molecular weight excluding hydrogens is 611 g/mol. The topological polar surface area (TPSA) is 62.1 Å². The summed E-state index contributed by atoms with van der Waals surface area (Å²) in [7, 11) is 0. The van der Waals surface area contributed by atoms with Gasteiger partial charge in [-0.3, -0.25) is 4.79 Å². The Labute approximate surface area is 192 Å². The largest absolute Gasteiger partial charge is 0.487 e. The van der Waals surface area contributed by atoms with Gasteiger partial charge >= 0.3 is 6.18 Å². The number of hydrogen-bond acceptors (Lipinski definition) is 3. The van der Waals surface area contributed by atoms with Crippen LogP contribution in [0.25, 0.3) is 6.08 Å². The number of benzene rings is 2. The number of nitrogens with zero attached hydrogens (tertiary/aromatic N) is 1. The van der Waals surface area contributed by atoms with Crippen LogP contribution in [-0.2, 0) is 11.0 Å². The summed E-state index contributed by atoms with van der Waals surface area (Å²) in [5, 5.41) is 11.7. The molecule has 0 fully saturated rings. The number of nitrogens with one attached hydrogen (secondary N) is 1. The summed E-state index contributed by atoms with van der Waals surface area (Å²) in [5.41, 5.74) is -0.602. The molecule has 150 valence electrons. The van der Waals surface area contributed by atoms with Crippen LogP contribution in [0.15, 0.2) is 54.6 Å². The molecule has 4 nitrogen and oxygen atoms in total. The van der Waals surface area contributed by atoms with Crippen LogP contribution < -0.4 is 10.1 Å². The van der Waals surface area contributed by atoms with E-state index in [2.05, 4.69) is 57.1 Å². The highest BCUT2D eigenvalue weighted by Crippen LogP contribution is 2.31. The maximum absolute atomic E-state index is 12.8. The highest BCUT2D eigenvalue weighted by molar-refractivity contribution is 14.1. The van der Waals surface area contributed by atoms with Gasteiger partial charge in [-0.15, -0.1) is 0 Å². The van der Waals surface area contributed by atoms with E-state index in [1.807, 2.05) is 0 Å². The molecule has 0 radical (unpaired) electrons. The number of halogens is 5. The molecule has 0 spiro atoms. The van der Waals surface area contributed by atoms with Gasteiger partial charge in [0, 0.05) is 5.69 Å². The zero-order chi connectivity index (χ0) is 21.6. The third-order valence-electron chi connectivity index (χ3n) is 3.49. The smallest absolute Gasteiger partial charge is 0.416 e. The Morgan fingerprint density at radius 1 is 1.24 bits per heavy atom.